The van der Waals surface area contributed by atoms with Gasteiger partial charge in [-0.25, -0.2) is 4.68 Å². The molecule has 1 amide bonds. The van der Waals surface area contributed by atoms with Crippen molar-refractivity contribution in [2.75, 3.05) is 0 Å². The fourth-order valence-electron chi connectivity index (χ4n) is 3.62. The summed E-state index contributed by atoms with van der Waals surface area (Å²) in [6, 6.07) is 13.2. The number of aryl methyl sites for hydroxylation is 1. The Hall–Kier alpha value is -2.43. The maximum Gasteiger partial charge on any atom is 0.267 e. The highest BCUT2D eigenvalue weighted by Gasteiger charge is 2.26. The molecule has 1 heterocycles. The van der Waals surface area contributed by atoms with Gasteiger partial charge in [0.05, 0.1) is 11.7 Å². The van der Waals surface area contributed by atoms with Gasteiger partial charge in [-0.15, -0.1) is 0 Å². The lowest BCUT2D eigenvalue weighted by molar-refractivity contribution is -0.123. The van der Waals surface area contributed by atoms with Crippen LogP contribution in [-0.4, -0.2) is 15.7 Å². The normalized spacial score (nSPS) is 16.4. The van der Waals surface area contributed by atoms with Crippen molar-refractivity contribution in [3.63, 3.8) is 0 Å². The molecule has 1 aromatic carbocycles. The Labute approximate surface area is 148 Å². The summed E-state index contributed by atoms with van der Waals surface area (Å²) >= 11 is 0. The topological polar surface area (TPSA) is 64.0 Å². The molecule has 132 valence electrons. The van der Waals surface area contributed by atoms with Crippen LogP contribution in [0.1, 0.15) is 49.4 Å². The molecule has 1 aliphatic carbocycles. The molecule has 2 aromatic rings. The van der Waals surface area contributed by atoms with E-state index in [0.717, 1.165) is 24.1 Å². The largest absolute Gasteiger partial charge is 0.347 e. The fourth-order valence-corrected chi connectivity index (χ4v) is 3.62. The van der Waals surface area contributed by atoms with Crippen LogP contribution in [0.25, 0.3) is 0 Å². The van der Waals surface area contributed by atoms with Crippen molar-refractivity contribution in [1.29, 1.82) is 0 Å². The van der Waals surface area contributed by atoms with Crippen LogP contribution in [0.3, 0.4) is 0 Å². The average molecular weight is 339 g/mol. The number of aromatic nitrogens is 2. The molecule has 1 fully saturated rings. The second-order valence-corrected chi connectivity index (χ2v) is 6.82. The van der Waals surface area contributed by atoms with Gasteiger partial charge in [0.15, 0.2) is 0 Å². The molecule has 1 saturated carbocycles. The molecule has 1 aliphatic rings. The maximum atomic E-state index is 12.6. The Balaban J connectivity index is 1.76. The molecule has 3 rings (SSSR count). The minimum Gasteiger partial charge on any atom is -0.347 e. The highest BCUT2D eigenvalue weighted by molar-refractivity contribution is 5.76. The SMILES string of the molecule is Cc1ccc(=O)n(CC(=O)NC(c2ccccc2)C2CCCCC2)n1. The van der Waals surface area contributed by atoms with E-state index >= 15 is 0 Å². The van der Waals surface area contributed by atoms with E-state index in [0.29, 0.717) is 5.92 Å². The van der Waals surface area contributed by atoms with E-state index < -0.39 is 0 Å². The van der Waals surface area contributed by atoms with Gasteiger partial charge < -0.3 is 5.32 Å². The van der Waals surface area contributed by atoms with Gasteiger partial charge in [-0.3, -0.25) is 9.59 Å². The van der Waals surface area contributed by atoms with Crippen LogP contribution in [0.15, 0.2) is 47.3 Å². The van der Waals surface area contributed by atoms with Crippen LogP contribution in [0.5, 0.6) is 0 Å². The quantitative estimate of drug-likeness (QED) is 0.911. The van der Waals surface area contributed by atoms with Crippen LogP contribution in [-0.2, 0) is 11.3 Å². The van der Waals surface area contributed by atoms with Gasteiger partial charge in [-0.05, 0) is 37.3 Å². The van der Waals surface area contributed by atoms with Crippen molar-refractivity contribution in [1.82, 2.24) is 15.1 Å². The molecule has 5 nitrogen and oxygen atoms in total. The van der Waals surface area contributed by atoms with Gasteiger partial charge in [0.2, 0.25) is 5.91 Å². The number of benzene rings is 1. The van der Waals surface area contributed by atoms with E-state index in [1.54, 1.807) is 6.07 Å². The zero-order valence-electron chi connectivity index (χ0n) is 14.6. The molecule has 0 spiro atoms. The van der Waals surface area contributed by atoms with Crippen molar-refractivity contribution in [3.05, 3.63) is 64.1 Å². The Morgan fingerprint density at radius 1 is 1.16 bits per heavy atom. The second-order valence-electron chi connectivity index (χ2n) is 6.82. The van der Waals surface area contributed by atoms with Gasteiger partial charge in [-0.1, -0.05) is 49.6 Å². The lowest BCUT2D eigenvalue weighted by atomic mass is 9.81. The third-order valence-electron chi connectivity index (χ3n) is 4.89. The highest BCUT2D eigenvalue weighted by atomic mass is 16.2. The molecule has 0 radical (unpaired) electrons. The molecule has 0 bridgehead atoms. The molecule has 0 saturated heterocycles. The average Bonchev–Trinajstić information content (AvgIpc) is 2.64. The number of rotatable bonds is 5. The maximum absolute atomic E-state index is 12.6. The van der Waals surface area contributed by atoms with Gasteiger partial charge in [-0.2, -0.15) is 5.10 Å². The molecule has 1 N–H and O–H groups in total. The number of carbonyl (C=O) groups is 1. The van der Waals surface area contributed by atoms with Crippen LogP contribution in [0.2, 0.25) is 0 Å². The molecule has 5 heteroatoms. The molecule has 0 aliphatic heterocycles. The summed E-state index contributed by atoms with van der Waals surface area (Å²) in [5, 5.41) is 7.31. The molecular formula is C20H25N3O2. The standard InChI is InChI=1S/C20H25N3O2/c1-15-12-13-19(25)23(22-15)14-18(24)21-20(16-8-4-2-5-9-16)17-10-6-3-7-11-17/h2,4-5,8-9,12-13,17,20H,3,6-7,10-11,14H2,1H3,(H,21,24). The van der Waals surface area contributed by atoms with Crippen molar-refractivity contribution in [2.24, 2.45) is 5.92 Å². The summed E-state index contributed by atoms with van der Waals surface area (Å²) in [6.45, 7) is 1.76. The van der Waals surface area contributed by atoms with Gasteiger partial charge in [0.25, 0.3) is 5.56 Å². The lowest BCUT2D eigenvalue weighted by Crippen LogP contribution is -2.38. The van der Waals surface area contributed by atoms with Gasteiger partial charge in [0.1, 0.15) is 6.54 Å². The van der Waals surface area contributed by atoms with E-state index in [1.807, 2.05) is 25.1 Å². The Bertz CT molecular complexity index is 764. The predicted octanol–water partition coefficient (Wildman–Crippen LogP) is 2.99. The van der Waals surface area contributed by atoms with Crippen LogP contribution < -0.4 is 10.9 Å². The van der Waals surface area contributed by atoms with Crippen LogP contribution >= 0.6 is 0 Å². The molecular weight excluding hydrogens is 314 g/mol. The number of carbonyl (C=O) groups excluding carboxylic acids is 1. The Kier molecular flexibility index (Phi) is 5.64. The van der Waals surface area contributed by atoms with Crippen LogP contribution in [0, 0.1) is 12.8 Å². The monoisotopic (exact) mass is 339 g/mol. The first-order valence-corrected chi connectivity index (χ1v) is 9.02. The Morgan fingerprint density at radius 2 is 1.88 bits per heavy atom. The zero-order chi connectivity index (χ0) is 17.6. The van der Waals surface area contributed by atoms with E-state index in [2.05, 4.69) is 22.5 Å². The Morgan fingerprint density at radius 3 is 2.60 bits per heavy atom. The first-order valence-electron chi connectivity index (χ1n) is 9.02. The molecule has 1 atom stereocenters. The summed E-state index contributed by atoms with van der Waals surface area (Å²) in [7, 11) is 0. The minimum absolute atomic E-state index is 0.00508. The lowest BCUT2D eigenvalue weighted by Gasteiger charge is -2.31. The molecule has 25 heavy (non-hydrogen) atoms. The molecule has 1 unspecified atom stereocenters. The highest BCUT2D eigenvalue weighted by Crippen LogP contribution is 2.34. The summed E-state index contributed by atoms with van der Waals surface area (Å²) in [5.41, 5.74) is 1.60. The summed E-state index contributed by atoms with van der Waals surface area (Å²) in [5.74, 6) is 0.280. The number of hydrogen-bond donors (Lipinski definition) is 1. The summed E-state index contributed by atoms with van der Waals surface area (Å²) < 4.78 is 1.23. The van der Waals surface area contributed by atoms with Crippen molar-refractivity contribution in [3.8, 4) is 0 Å². The van der Waals surface area contributed by atoms with E-state index in [4.69, 9.17) is 0 Å². The van der Waals surface area contributed by atoms with Gasteiger partial charge in [0, 0.05) is 6.07 Å². The number of hydrogen-bond acceptors (Lipinski definition) is 3. The first kappa shape index (κ1) is 17.4. The zero-order valence-corrected chi connectivity index (χ0v) is 14.6. The molecule has 1 aromatic heterocycles. The van der Waals surface area contributed by atoms with E-state index in [1.165, 1.54) is 30.0 Å². The minimum atomic E-state index is -0.255. The fraction of sp³-hybridized carbons (Fsp3) is 0.450. The first-order chi connectivity index (χ1) is 12.1. The summed E-state index contributed by atoms with van der Waals surface area (Å²) in [6.07, 6.45) is 5.95. The number of amides is 1. The summed E-state index contributed by atoms with van der Waals surface area (Å²) in [4.78, 5) is 24.5. The van der Waals surface area contributed by atoms with Gasteiger partial charge >= 0.3 is 0 Å². The van der Waals surface area contributed by atoms with E-state index in [-0.39, 0.29) is 24.1 Å². The van der Waals surface area contributed by atoms with Crippen LogP contribution in [0.4, 0.5) is 0 Å². The second kappa shape index (κ2) is 8.10. The number of nitrogens with one attached hydrogen (secondary N) is 1. The van der Waals surface area contributed by atoms with Crippen molar-refractivity contribution >= 4 is 5.91 Å². The smallest absolute Gasteiger partial charge is 0.267 e. The third kappa shape index (κ3) is 4.56. The third-order valence-corrected chi connectivity index (χ3v) is 4.89. The number of nitrogens with zero attached hydrogens (tertiary/aromatic N) is 2. The predicted molar refractivity (Wildman–Crippen MR) is 97.1 cm³/mol. The van der Waals surface area contributed by atoms with E-state index in [9.17, 15) is 9.59 Å². The van der Waals surface area contributed by atoms with Crippen molar-refractivity contribution < 1.29 is 4.79 Å². The van der Waals surface area contributed by atoms with Crippen molar-refractivity contribution in [2.45, 2.75) is 51.6 Å².